The molecule has 8 nitrogen and oxygen atoms in total. The molecule has 1 aliphatic rings. The van der Waals surface area contributed by atoms with E-state index < -0.39 is 26.8 Å². The van der Waals surface area contributed by atoms with Crippen molar-refractivity contribution < 1.29 is 27.1 Å². The molecular formula is C22H23ClF2N4O4S2. The summed E-state index contributed by atoms with van der Waals surface area (Å²) in [4.78, 5) is 13.9. The Balaban J connectivity index is 0.00000108. The minimum absolute atomic E-state index is 0.00551. The van der Waals surface area contributed by atoms with Crippen LogP contribution in [0.15, 0.2) is 46.1 Å². The highest BCUT2D eigenvalue weighted by Crippen LogP contribution is 2.32. The topological polar surface area (TPSA) is 112 Å². The minimum atomic E-state index is -4.21. The standard InChI is InChI=1S/C21H21ClF2N4O2S2.CH2O2/c1-13(15-7-14(3-4-17(15)23)10-28-5-2-6-28)26-19-9-18(24)20(8-16(19)22)32(29,30)27-21-11-31-12-25-21;2-1-3/h3-4,7-9,11-13,26-27H,2,5-6,10H2,1H3;1H,(H,2,3). The van der Waals surface area contributed by atoms with Gasteiger partial charge in [0.2, 0.25) is 0 Å². The highest BCUT2D eigenvalue weighted by atomic mass is 35.5. The van der Waals surface area contributed by atoms with Gasteiger partial charge in [0.25, 0.3) is 16.5 Å². The minimum Gasteiger partial charge on any atom is -0.483 e. The molecule has 1 aliphatic heterocycles. The lowest BCUT2D eigenvalue weighted by molar-refractivity contribution is -0.122. The molecule has 1 atom stereocenters. The third kappa shape index (κ3) is 6.88. The zero-order valence-corrected chi connectivity index (χ0v) is 20.9. The maximum absolute atomic E-state index is 14.7. The molecule has 13 heteroatoms. The van der Waals surface area contributed by atoms with Crippen molar-refractivity contribution in [2.45, 2.75) is 30.8 Å². The Morgan fingerprint density at radius 1 is 1.26 bits per heavy atom. The number of anilines is 2. The van der Waals surface area contributed by atoms with E-state index in [1.165, 1.54) is 34.7 Å². The van der Waals surface area contributed by atoms with Crippen molar-refractivity contribution in [3.8, 4) is 0 Å². The molecule has 0 radical (unpaired) electrons. The second-order valence-corrected chi connectivity index (χ2v) is 10.5. The molecule has 35 heavy (non-hydrogen) atoms. The summed E-state index contributed by atoms with van der Waals surface area (Å²) < 4.78 is 56.4. The fraction of sp³-hybridized carbons (Fsp3) is 0.273. The molecular weight excluding hydrogens is 522 g/mol. The van der Waals surface area contributed by atoms with Gasteiger partial charge in [0.15, 0.2) is 5.82 Å². The number of hydrogen-bond donors (Lipinski definition) is 3. The van der Waals surface area contributed by atoms with E-state index in [1.54, 1.807) is 19.1 Å². The van der Waals surface area contributed by atoms with Crippen LogP contribution in [0.25, 0.3) is 0 Å². The van der Waals surface area contributed by atoms with E-state index in [4.69, 9.17) is 21.5 Å². The number of likely N-dealkylation sites (tertiary alicyclic amines) is 1. The summed E-state index contributed by atoms with van der Waals surface area (Å²) in [6.07, 6.45) is 1.17. The molecule has 4 rings (SSSR count). The summed E-state index contributed by atoms with van der Waals surface area (Å²) in [5.41, 5.74) is 3.02. The van der Waals surface area contributed by atoms with Crippen LogP contribution in [0, 0.1) is 11.6 Å². The largest absolute Gasteiger partial charge is 0.483 e. The lowest BCUT2D eigenvalue weighted by Gasteiger charge is -2.31. The molecule has 1 saturated heterocycles. The zero-order valence-electron chi connectivity index (χ0n) is 18.5. The fourth-order valence-electron chi connectivity index (χ4n) is 3.43. The van der Waals surface area contributed by atoms with Crippen LogP contribution in [0.5, 0.6) is 0 Å². The summed E-state index contributed by atoms with van der Waals surface area (Å²) in [6, 6.07) is 6.45. The second-order valence-electron chi connectivity index (χ2n) is 7.70. The van der Waals surface area contributed by atoms with Crippen LogP contribution in [-0.2, 0) is 21.4 Å². The van der Waals surface area contributed by atoms with Gasteiger partial charge in [-0.3, -0.25) is 14.4 Å². The van der Waals surface area contributed by atoms with Gasteiger partial charge < -0.3 is 10.4 Å². The first kappa shape index (κ1) is 26.8. The van der Waals surface area contributed by atoms with E-state index in [2.05, 4.69) is 19.9 Å². The van der Waals surface area contributed by atoms with Crippen molar-refractivity contribution >= 4 is 50.9 Å². The van der Waals surface area contributed by atoms with Gasteiger partial charge in [-0.1, -0.05) is 17.7 Å². The smallest absolute Gasteiger partial charge is 0.290 e. The monoisotopic (exact) mass is 544 g/mol. The maximum Gasteiger partial charge on any atom is 0.290 e. The molecule has 1 aromatic heterocycles. The number of carboxylic acid groups (broad SMARTS) is 1. The molecule has 1 unspecified atom stereocenters. The van der Waals surface area contributed by atoms with E-state index in [0.29, 0.717) is 5.56 Å². The predicted octanol–water partition coefficient (Wildman–Crippen LogP) is 4.96. The average molecular weight is 545 g/mol. The summed E-state index contributed by atoms with van der Waals surface area (Å²) in [5, 5.41) is 11.4. The molecule has 0 spiro atoms. The van der Waals surface area contributed by atoms with Gasteiger partial charge in [-0.15, -0.1) is 11.3 Å². The van der Waals surface area contributed by atoms with Gasteiger partial charge in [-0.2, -0.15) is 0 Å². The molecule has 3 N–H and O–H groups in total. The van der Waals surface area contributed by atoms with E-state index in [0.717, 1.165) is 37.3 Å². The Labute approximate surface area is 210 Å². The first-order chi connectivity index (χ1) is 16.6. The van der Waals surface area contributed by atoms with E-state index in [-0.39, 0.29) is 28.8 Å². The van der Waals surface area contributed by atoms with Crippen LogP contribution in [-0.4, -0.2) is 43.0 Å². The molecule has 2 heterocycles. The number of thiazole rings is 1. The normalized spacial score (nSPS) is 14.3. The van der Waals surface area contributed by atoms with Gasteiger partial charge in [-0.05, 0) is 56.3 Å². The number of hydrogen-bond acceptors (Lipinski definition) is 7. The molecule has 0 aliphatic carbocycles. The Bertz CT molecular complexity index is 1270. The summed E-state index contributed by atoms with van der Waals surface area (Å²) >= 11 is 7.45. The van der Waals surface area contributed by atoms with Crippen molar-refractivity contribution in [3.05, 3.63) is 69.0 Å². The molecule has 3 aromatic rings. The van der Waals surface area contributed by atoms with Gasteiger partial charge in [0, 0.05) is 17.5 Å². The third-order valence-corrected chi connectivity index (χ3v) is 7.51. The lowest BCUT2D eigenvalue weighted by atomic mass is 10.0. The summed E-state index contributed by atoms with van der Waals surface area (Å²) in [6.45, 7) is 4.28. The number of aromatic nitrogens is 1. The van der Waals surface area contributed by atoms with Crippen LogP contribution in [0.1, 0.15) is 30.5 Å². The zero-order chi connectivity index (χ0) is 25.6. The number of benzene rings is 2. The van der Waals surface area contributed by atoms with Gasteiger partial charge in [0.1, 0.15) is 16.5 Å². The van der Waals surface area contributed by atoms with Crippen molar-refractivity contribution in [1.29, 1.82) is 0 Å². The van der Waals surface area contributed by atoms with Crippen LogP contribution >= 0.6 is 22.9 Å². The van der Waals surface area contributed by atoms with E-state index in [1.807, 2.05) is 0 Å². The first-order valence-electron chi connectivity index (χ1n) is 10.4. The summed E-state index contributed by atoms with van der Waals surface area (Å²) in [5.74, 6) is -1.28. The number of nitrogens with one attached hydrogen (secondary N) is 2. The SMILES string of the molecule is CC(Nc1cc(F)c(S(=O)(=O)Nc2cscn2)cc1Cl)c1cc(CN2CCC2)ccc1F.O=CO. The van der Waals surface area contributed by atoms with Crippen LogP contribution in [0.3, 0.4) is 0 Å². The van der Waals surface area contributed by atoms with Crippen molar-refractivity contribution in [1.82, 2.24) is 9.88 Å². The van der Waals surface area contributed by atoms with Crippen LogP contribution in [0.2, 0.25) is 5.02 Å². The van der Waals surface area contributed by atoms with Crippen molar-refractivity contribution in [2.75, 3.05) is 23.1 Å². The molecule has 0 bridgehead atoms. The first-order valence-corrected chi connectivity index (χ1v) is 13.2. The van der Waals surface area contributed by atoms with Crippen LogP contribution < -0.4 is 10.0 Å². The molecule has 0 amide bonds. The Kier molecular flexibility index (Phi) is 9.00. The third-order valence-electron chi connectivity index (χ3n) is 5.24. The quantitative estimate of drug-likeness (QED) is 0.344. The van der Waals surface area contributed by atoms with Gasteiger partial charge >= 0.3 is 0 Å². The summed E-state index contributed by atoms with van der Waals surface area (Å²) in [7, 11) is -4.21. The number of sulfonamides is 1. The Hall–Kier alpha value is -2.80. The van der Waals surface area contributed by atoms with Crippen LogP contribution in [0.4, 0.5) is 20.3 Å². The Morgan fingerprint density at radius 2 is 1.97 bits per heavy atom. The highest BCUT2D eigenvalue weighted by molar-refractivity contribution is 7.92. The van der Waals surface area contributed by atoms with E-state index in [9.17, 15) is 17.2 Å². The van der Waals surface area contributed by atoms with Crippen molar-refractivity contribution in [3.63, 3.8) is 0 Å². The number of rotatable bonds is 8. The fourth-order valence-corrected chi connectivity index (χ4v) is 5.36. The number of nitrogens with zero attached hydrogens (tertiary/aromatic N) is 2. The molecule has 2 aromatic carbocycles. The highest BCUT2D eigenvalue weighted by Gasteiger charge is 2.23. The number of carbonyl (C=O) groups is 1. The lowest BCUT2D eigenvalue weighted by Crippen LogP contribution is -2.36. The average Bonchev–Trinajstić information content (AvgIpc) is 3.26. The number of halogens is 3. The van der Waals surface area contributed by atoms with Gasteiger partial charge in [0.05, 0.1) is 22.3 Å². The van der Waals surface area contributed by atoms with E-state index >= 15 is 0 Å². The van der Waals surface area contributed by atoms with Crippen molar-refractivity contribution in [2.24, 2.45) is 0 Å². The predicted molar refractivity (Wildman–Crippen MR) is 131 cm³/mol. The maximum atomic E-state index is 14.7. The molecule has 188 valence electrons. The second kappa shape index (κ2) is 11.8. The molecule has 0 saturated carbocycles. The molecule has 1 fully saturated rings. The Morgan fingerprint density at radius 3 is 2.57 bits per heavy atom. The van der Waals surface area contributed by atoms with Gasteiger partial charge in [-0.25, -0.2) is 22.2 Å².